The van der Waals surface area contributed by atoms with Crippen molar-refractivity contribution in [2.24, 2.45) is 0 Å². The standard InChI is InChI=1S/C23H24N4O2/c28-23(25-18-19-8-6-7-13-24-19)27-16-14-26(15-17-27)21-11-4-5-12-22(21)29-20-9-2-1-3-10-20/h1-13H,14-18H2,(H,25,28). The summed E-state index contributed by atoms with van der Waals surface area (Å²) in [4.78, 5) is 20.8. The second-order valence-corrected chi connectivity index (χ2v) is 6.84. The van der Waals surface area contributed by atoms with Crippen LogP contribution in [0.2, 0.25) is 0 Å². The van der Waals surface area contributed by atoms with Gasteiger partial charge in [0.2, 0.25) is 0 Å². The Balaban J connectivity index is 1.34. The first-order valence-corrected chi connectivity index (χ1v) is 9.79. The molecule has 29 heavy (non-hydrogen) atoms. The third-order valence-corrected chi connectivity index (χ3v) is 4.89. The molecule has 2 heterocycles. The summed E-state index contributed by atoms with van der Waals surface area (Å²) in [6.45, 7) is 3.27. The van der Waals surface area contributed by atoms with Crippen LogP contribution in [-0.4, -0.2) is 42.1 Å². The van der Waals surface area contributed by atoms with Crippen LogP contribution in [0.1, 0.15) is 5.69 Å². The lowest BCUT2D eigenvalue weighted by Crippen LogP contribution is -2.51. The average molecular weight is 388 g/mol. The molecule has 1 aliphatic heterocycles. The van der Waals surface area contributed by atoms with E-state index in [4.69, 9.17) is 4.74 Å². The number of hydrogen-bond donors (Lipinski definition) is 1. The molecular weight excluding hydrogens is 364 g/mol. The number of rotatable bonds is 5. The number of pyridine rings is 1. The lowest BCUT2D eigenvalue weighted by Gasteiger charge is -2.36. The third kappa shape index (κ3) is 4.85. The van der Waals surface area contributed by atoms with Gasteiger partial charge in [-0.25, -0.2) is 4.79 Å². The van der Waals surface area contributed by atoms with Gasteiger partial charge in [0.1, 0.15) is 5.75 Å². The number of amides is 2. The van der Waals surface area contributed by atoms with Gasteiger partial charge in [0.15, 0.2) is 5.75 Å². The zero-order chi connectivity index (χ0) is 19.9. The predicted octanol–water partition coefficient (Wildman–Crippen LogP) is 3.91. The van der Waals surface area contributed by atoms with Crippen molar-refractivity contribution in [3.05, 3.63) is 84.7 Å². The molecule has 1 aliphatic rings. The zero-order valence-electron chi connectivity index (χ0n) is 16.2. The monoisotopic (exact) mass is 388 g/mol. The maximum atomic E-state index is 12.5. The number of carbonyl (C=O) groups is 1. The maximum absolute atomic E-state index is 12.5. The summed E-state index contributed by atoms with van der Waals surface area (Å²) in [5.41, 5.74) is 1.90. The molecule has 0 saturated carbocycles. The van der Waals surface area contributed by atoms with E-state index in [9.17, 15) is 4.79 Å². The van der Waals surface area contributed by atoms with Crippen molar-refractivity contribution in [2.75, 3.05) is 31.1 Å². The van der Waals surface area contributed by atoms with Gasteiger partial charge in [-0.15, -0.1) is 0 Å². The normalized spacial score (nSPS) is 13.8. The minimum Gasteiger partial charge on any atom is -0.455 e. The van der Waals surface area contributed by atoms with Gasteiger partial charge >= 0.3 is 6.03 Å². The molecule has 0 spiro atoms. The van der Waals surface area contributed by atoms with Crippen LogP contribution in [0, 0.1) is 0 Å². The van der Waals surface area contributed by atoms with Crippen LogP contribution < -0.4 is 15.0 Å². The van der Waals surface area contributed by atoms with E-state index >= 15 is 0 Å². The van der Waals surface area contributed by atoms with Gasteiger partial charge in [-0.2, -0.15) is 0 Å². The fourth-order valence-electron chi connectivity index (χ4n) is 3.35. The van der Waals surface area contributed by atoms with E-state index in [1.165, 1.54) is 0 Å². The highest BCUT2D eigenvalue weighted by atomic mass is 16.5. The first-order valence-electron chi connectivity index (χ1n) is 9.79. The van der Waals surface area contributed by atoms with Gasteiger partial charge in [-0.3, -0.25) is 4.98 Å². The summed E-state index contributed by atoms with van der Waals surface area (Å²) >= 11 is 0. The Labute approximate surface area is 170 Å². The van der Waals surface area contributed by atoms with Crippen molar-refractivity contribution < 1.29 is 9.53 Å². The largest absolute Gasteiger partial charge is 0.455 e. The first-order chi connectivity index (χ1) is 14.3. The minimum atomic E-state index is -0.0517. The van der Waals surface area contributed by atoms with E-state index in [-0.39, 0.29) is 6.03 Å². The number of aromatic nitrogens is 1. The number of benzene rings is 2. The average Bonchev–Trinajstić information content (AvgIpc) is 2.79. The van der Waals surface area contributed by atoms with Crippen molar-refractivity contribution in [1.29, 1.82) is 0 Å². The molecular formula is C23H24N4O2. The summed E-state index contributed by atoms with van der Waals surface area (Å²) in [6.07, 6.45) is 1.73. The zero-order valence-corrected chi connectivity index (χ0v) is 16.2. The topological polar surface area (TPSA) is 57.7 Å². The lowest BCUT2D eigenvalue weighted by atomic mass is 10.2. The van der Waals surface area contributed by atoms with Crippen molar-refractivity contribution in [1.82, 2.24) is 15.2 Å². The fraction of sp³-hybridized carbons (Fsp3) is 0.217. The van der Waals surface area contributed by atoms with E-state index in [1.54, 1.807) is 6.20 Å². The number of hydrogen-bond acceptors (Lipinski definition) is 4. The molecule has 2 amide bonds. The molecule has 0 unspecified atom stereocenters. The second kappa shape index (κ2) is 9.10. The highest BCUT2D eigenvalue weighted by molar-refractivity contribution is 5.74. The molecule has 4 rings (SSSR count). The Hall–Kier alpha value is -3.54. The van der Waals surface area contributed by atoms with Gasteiger partial charge in [0, 0.05) is 32.4 Å². The van der Waals surface area contributed by atoms with Crippen molar-refractivity contribution in [3.63, 3.8) is 0 Å². The molecule has 1 saturated heterocycles. The lowest BCUT2D eigenvalue weighted by molar-refractivity contribution is 0.193. The summed E-state index contributed by atoms with van der Waals surface area (Å²) in [6, 6.07) is 23.4. The molecule has 1 aromatic heterocycles. The fourth-order valence-corrected chi connectivity index (χ4v) is 3.35. The number of anilines is 1. The Bertz CT molecular complexity index is 926. The number of nitrogens with zero attached hydrogens (tertiary/aromatic N) is 3. The first kappa shape index (κ1) is 18.8. The molecule has 148 valence electrons. The SMILES string of the molecule is O=C(NCc1ccccn1)N1CCN(c2ccccc2Oc2ccccc2)CC1. The smallest absolute Gasteiger partial charge is 0.317 e. The highest BCUT2D eigenvalue weighted by Crippen LogP contribution is 2.32. The molecule has 0 radical (unpaired) electrons. The summed E-state index contributed by atoms with van der Waals surface area (Å²) < 4.78 is 6.08. The van der Waals surface area contributed by atoms with Crippen LogP contribution in [-0.2, 0) is 6.54 Å². The van der Waals surface area contributed by atoms with Gasteiger partial charge in [-0.05, 0) is 36.4 Å². The number of nitrogens with one attached hydrogen (secondary N) is 1. The van der Waals surface area contributed by atoms with E-state index < -0.39 is 0 Å². The molecule has 3 aromatic rings. The van der Waals surface area contributed by atoms with Crippen LogP contribution in [0.5, 0.6) is 11.5 Å². The highest BCUT2D eigenvalue weighted by Gasteiger charge is 2.23. The van der Waals surface area contributed by atoms with Gasteiger partial charge in [0.25, 0.3) is 0 Å². The molecule has 0 bridgehead atoms. The molecule has 0 aliphatic carbocycles. The van der Waals surface area contributed by atoms with Crippen LogP contribution in [0.15, 0.2) is 79.0 Å². The number of piperazine rings is 1. The summed E-state index contributed by atoms with van der Waals surface area (Å²) in [7, 11) is 0. The number of carbonyl (C=O) groups excluding carboxylic acids is 1. The summed E-state index contributed by atoms with van der Waals surface area (Å²) in [5.74, 6) is 1.64. The van der Waals surface area contributed by atoms with E-state index in [0.717, 1.165) is 36.0 Å². The Morgan fingerprint density at radius 3 is 2.38 bits per heavy atom. The number of ether oxygens (including phenoxy) is 1. The van der Waals surface area contributed by atoms with Crippen molar-refractivity contribution in [3.8, 4) is 11.5 Å². The molecule has 6 nitrogen and oxygen atoms in total. The minimum absolute atomic E-state index is 0.0517. The van der Waals surface area contributed by atoms with Crippen LogP contribution in [0.3, 0.4) is 0 Å². The van der Waals surface area contributed by atoms with E-state index in [2.05, 4.69) is 21.3 Å². The van der Waals surface area contributed by atoms with Crippen molar-refractivity contribution >= 4 is 11.7 Å². The second-order valence-electron chi connectivity index (χ2n) is 6.84. The number of urea groups is 1. The van der Waals surface area contributed by atoms with E-state index in [0.29, 0.717) is 19.6 Å². The molecule has 1 N–H and O–H groups in total. The van der Waals surface area contributed by atoms with Gasteiger partial charge < -0.3 is 19.9 Å². The molecule has 1 fully saturated rings. The Kier molecular flexibility index (Phi) is 5.90. The van der Waals surface area contributed by atoms with Crippen LogP contribution in [0.4, 0.5) is 10.5 Å². The van der Waals surface area contributed by atoms with Crippen LogP contribution in [0.25, 0.3) is 0 Å². The van der Waals surface area contributed by atoms with Crippen molar-refractivity contribution in [2.45, 2.75) is 6.54 Å². The summed E-state index contributed by atoms with van der Waals surface area (Å²) in [5, 5.41) is 2.95. The predicted molar refractivity (Wildman–Crippen MR) is 113 cm³/mol. The number of para-hydroxylation sites is 3. The van der Waals surface area contributed by atoms with Gasteiger partial charge in [0.05, 0.1) is 17.9 Å². The maximum Gasteiger partial charge on any atom is 0.317 e. The van der Waals surface area contributed by atoms with Gasteiger partial charge in [-0.1, -0.05) is 36.4 Å². The Morgan fingerprint density at radius 1 is 0.897 bits per heavy atom. The van der Waals surface area contributed by atoms with Crippen LogP contribution >= 0.6 is 0 Å². The molecule has 2 aromatic carbocycles. The molecule has 6 heteroatoms. The quantitative estimate of drug-likeness (QED) is 0.720. The van der Waals surface area contributed by atoms with E-state index in [1.807, 2.05) is 71.6 Å². The molecule has 0 atom stereocenters. The Morgan fingerprint density at radius 2 is 1.62 bits per heavy atom. The third-order valence-electron chi connectivity index (χ3n) is 4.89.